The van der Waals surface area contributed by atoms with Crippen LogP contribution in [0, 0.1) is 5.92 Å². The predicted octanol–water partition coefficient (Wildman–Crippen LogP) is 5.10. The first-order chi connectivity index (χ1) is 14.9. The molecule has 2 aromatic rings. The number of carboxylic acids is 1. The van der Waals surface area contributed by atoms with Gasteiger partial charge in [0.15, 0.2) is 0 Å². The second kappa shape index (κ2) is 9.49. The number of thiophene rings is 1. The molecule has 2 aliphatic rings. The monoisotopic (exact) mass is 457 g/mol. The average Bonchev–Trinajstić information content (AvgIpc) is 3.22. The Kier molecular flexibility index (Phi) is 6.72. The molecule has 1 aromatic carbocycles. The van der Waals surface area contributed by atoms with Crippen LogP contribution in [0.25, 0.3) is 10.4 Å². The van der Waals surface area contributed by atoms with E-state index in [0.717, 1.165) is 36.1 Å². The maximum absolute atomic E-state index is 13.7. The Morgan fingerprint density at radius 1 is 1.06 bits per heavy atom. The molecule has 5 nitrogen and oxygen atoms in total. The minimum Gasteiger partial charge on any atom is -0.477 e. The summed E-state index contributed by atoms with van der Waals surface area (Å²) in [5, 5.41) is 9.95. The van der Waals surface area contributed by atoms with E-state index in [4.69, 9.17) is 0 Å². The highest BCUT2D eigenvalue weighted by molar-refractivity contribution is 7.85. The van der Waals surface area contributed by atoms with Gasteiger partial charge in [-0.25, -0.2) is 4.79 Å². The summed E-state index contributed by atoms with van der Waals surface area (Å²) in [6, 6.07) is 11.4. The fourth-order valence-corrected chi connectivity index (χ4v) is 6.73. The predicted molar refractivity (Wildman–Crippen MR) is 126 cm³/mol. The molecule has 0 bridgehead atoms. The van der Waals surface area contributed by atoms with Crippen LogP contribution in [0.15, 0.2) is 48.6 Å². The van der Waals surface area contributed by atoms with Gasteiger partial charge >= 0.3 is 5.97 Å². The minimum atomic E-state index is -1.02. The molecule has 2 fully saturated rings. The summed E-state index contributed by atoms with van der Waals surface area (Å²) in [6.07, 6.45) is 4.45. The smallest absolute Gasteiger partial charge is 0.348 e. The standard InChI is InChI=1S/C24H27NO4S2/c1-16-7-9-18(10-8-16)23(26)25(19-11-13-31(29)14-12-19)20-15-21(30-22(20)24(27)28)17-5-3-2-4-6-17/h2-6,15,18-19H,1,7-14H2,(H,27,28). The number of hydrogen-bond donors (Lipinski definition) is 1. The molecular weight excluding hydrogens is 430 g/mol. The van der Waals surface area contributed by atoms with E-state index in [-0.39, 0.29) is 22.7 Å². The van der Waals surface area contributed by atoms with Gasteiger partial charge in [-0.3, -0.25) is 9.00 Å². The number of rotatable bonds is 5. The zero-order valence-corrected chi connectivity index (χ0v) is 19.1. The number of aromatic carboxylic acids is 1. The third-order valence-corrected chi connectivity index (χ3v) is 8.77. The Balaban J connectivity index is 1.74. The number of carbonyl (C=O) groups excluding carboxylic acids is 1. The molecule has 1 aliphatic heterocycles. The van der Waals surface area contributed by atoms with Gasteiger partial charge in [-0.2, -0.15) is 0 Å². The van der Waals surface area contributed by atoms with E-state index in [1.165, 1.54) is 16.9 Å². The van der Waals surface area contributed by atoms with Crippen LogP contribution in [0.2, 0.25) is 0 Å². The summed E-state index contributed by atoms with van der Waals surface area (Å²) < 4.78 is 11.9. The number of nitrogens with zero attached hydrogens (tertiary/aromatic N) is 1. The van der Waals surface area contributed by atoms with E-state index < -0.39 is 16.8 Å². The van der Waals surface area contributed by atoms with Crippen molar-refractivity contribution < 1.29 is 18.9 Å². The van der Waals surface area contributed by atoms with Crippen LogP contribution < -0.4 is 4.90 Å². The highest BCUT2D eigenvalue weighted by atomic mass is 32.2. The van der Waals surface area contributed by atoms with Crippen LogP contribution in [-0.4, -0.2) is 38.7 Å². The van der Waals surface area contributed by atoms with E-state index in [2.05, 4.69) is 6.58 Å². The lowest BCUT2D eigenvalue weighted by atomic mass is 9.85. The second-order valence-corrected chi connectivity index (χ2v) is 11.1. The molecule has 0 unspecified atom stereocenters. The highest BCUT2D eigenvalue weighted by Crippen LogP contribution is 2.40. The number of hydrogen-bond acceptors (Lipinski definition) is 4. The van der Waals surface area contributed by atoms with Crippen molar-refractivity contribution in [1.29, 1.82) is 0 Å². The molecule has 1 N–H and O–H groups in total. The Morgan fingerprint density at radius 2 is 1.71 bits per heavy atom. The first kappa shape index (κ1) is 22.0. The average molecular weight is 458 g/mol. The second-order valence-electron chi connectivity index (χ2n) is 8.31. The van der Waals surface area contributed by atoms with Crippen LogP contribution in [-0.2, 0) is 15.6 Å². The van der Waals surface area contributed by atoms with E-state index in [9.17, 15) is 18.9 Å². The third-order valence-electron chi connectivity index (χ3n) is 6.23. The van der Waals surface area contributed by atoms with Gasteiger partial charge in [0.1, 0.15) is 4.88 Å². The van der Waals surface area contributed by atoms with Gasteiger partial charge in [0, 0.05) is 39.1 Å². The lowest BCUT2D eigenvalue weighted by molar-refractivity contribution is -0.123. The molecule has 4 rings (SSSR count). The molecule has 31 heavy (non-hydrogen) atoms. The number of anilines is 1. The first-order valence-corrected chi connectivity index (χ1v) is 13.0. The van der Waals surface area contributed by atoms with E-state index in [0.29, 0.717) is 30.0 Å². The lowest BCUT2D eigenvalue weighted by Crippen LogP contribution is -2.47. The minimum absolute atomic E-state index is 0.00472. The fraction of sp³-hybridized carbons (Fsp3) is 0.417. The van der Waals surface area contributed by atoms with Gasteiger partial charge < -0.3 is 10.0 Å². The molecule has 1 amide bonds. The Hall–Kier alpha value is -2.25. The van der Waals surface area contributed by atoms with Crippen molar-refractivity contribution in [3.05, 3.63) is 53.4 Å². The fourth-order valence-electron chi connectivity index (χ4n) is 4.46. The molecule has 0 radical (unpaired) electrons. The zero-order valence-electron chi connectivity index (χ0n) is 17.4. The molecule has 2 heterocycles. The number of carbonyl (C=O) groups is 2. The van der Waals surface area contributed by atoms with Crippen molar-refractivity contribution in [2.75, 3.05) is 16.4 Å². The molecule has 1 saturated carbocycles. The lowest BCUT2D eigenvalue weighted by Gasteiger charge is -2.37. The normalized spacial score (nSPS) is 22.3. The largest absolute Gasteiger partial charge is 0.477 e. The Bertz CT molecular complexity index is 994. The van der Waals surface area contributed by atoms with Gasteiger partial charge in [-0.05, 0) is 50.2 Å². The van der Waals surface area contributed by atoms with Crippen LogP contribution in [0.1, 0.15) is 48.2 Å². The van der Waals surface area contributed by atoms with E-state index >= 15 is 0 Å². The van der Waals surface area contributed by atoms with Crippen molar-refractivity contribution in [3.8, 4) is 10.4 Å². The van der Waals surface area contributed by atoms with Crippen LogP contribution in [0.5, 0.6) is 0 Å². The van der Waals surface area contributed by atoms with E-state index in [1.807, 2.05) is 36.4 Å². The summed E-state index contributed by atoms with van der Waals surface area (Å²) in [5.41, 5.74) is 2.60. The number of amides is 1. The highest BCUT2D eigenvalue weighted by Gasteiger charge is 2.36. The molecule has 1 aromatic heterocycles. The summed E-state index contributed by atoms with van der Waals surface area (Å²) >= 11 is 1.21. The molecule has 1 aliphatic carbocycles. The van der Waals surface area contributed by atoms with E-state index in [1.54, 1.807) is 4.90 Å². The molecule has 0 spiro atoms. The maximum atomic E-state index is 13.7. The quantitative estimate of drug-likeness (QED) is 0.634. The maximum Gasteiger partial charge on any atom is 0.348 e. The van der Waals surface area contributed by atoms with Gasteiger partial charge in [0.05, 0.1) is 5.69 Å². The van der Waals surface area contributed by atoms with Crippen LogP contribution in [0.3, 0.4) is 0 Å². The molecule has 0 atom stereocenters. The summed E-state index contributed by atoms with van der Waals surface area (Å²) in [5.74, 6) is -0.0386. The van der Waals surface area contributed by atoms with Crippen LogP contribution in [0.4, 0.5) is 5.69 Å². The molecule has 7 heteroatoms. The van der Waals surface area contributed by atoms with Gasteiger partial charge in [0.2, 0.25) is 5.91 Å². The van der Waals surface area contributed by atoms with Crippen molar-refractivity contribution in [3.63, 3.8) is 0 Å². The number of carboxylic acid groups (broad SMARTS) is 1. The third kappa shape index (κ3) is 4.83. The van der Waals surface area contributed by atoms with Crippen LogP contribution >= 0.6 is 11.3 Å². The molecule has 1 saturated heterocycles. The number of benzene rings is 1. The van der Waals surface area contributed by atoms with Crippen molar-refractivity contribution in [2.24, 2.45) is 5.92 Å². The van der Waals surface area contributed by atoms with Gasteiger partial charge in [-0.1, -0.05) is 42.5 Å². The summed E-state index contributed by atoms with van der Waals surface area (Å²) in [6.45, 7) is 4.05. The van der Waals surface area contributed by atoms with Crippen molar-refractivity contribution >= 4 is 39.7 Å². The summed E-state index contributed by atoms with van der Waals surface area (Å²) in [7, 11) is -0.858. The first-order valence-electron chi connectivity index (χ1n) is 10.7. The molecular formula is C24H27NO4S2. The summed E-state index contributed by atoms with van der Waals surface area (Å²) in [4.78, 5) is 28.7. The van der Waals surface area contributed by atoms with Crippen molar-refractivity contribution in [1.82, 2.24) is 0 Å². The topological polar surface area (TPSA) is 74.7 Å². The number of allylic oxidation sites excluding steroid dienone is 1. The van der Waals surface area contributed by atoms with Gasteiger partial charge in [-0.15, -0.1) is 11.3 Å². The SMILES string of the molecule is C=C1CCC(C(=O)N(c2cc(-c3ccccc3)sc2C(=O)O)C2CCS(=O)CC2)CC1. The van der Waals surface area contributed by atoms with Gasteiger partial charge in [0.25, 0.3) is 0 Å². The zero-order chi connectivity index (χ0) is 22.0. The Labute approximate surface area is 189 Å². The Morgan fingerprint density at radius 3 is 2.32 bits per heavy atom. The van der Waals surface area contributed by atoms with Crippen molar-refractivity contribution in [2.45, 2.75) is 44.6 Å². The molecule has 164 valence electrons.